The number of carbonyl (C=O) groups excluding carboxylic acids is 1. The van der Waals surface area contributed by atoms with E-state index in [9.17, 15) is 4.79 Å². The lowest BCUT2D eigenvalue weighted by Gasteiger charge is -2.40. The van der Waals surface area contributed by atoms with Crippen LogP contribution in [0.2, 0.25) is 0 Å². The molecule has 0 radical (unpaired) electrons. The monoisotopic (exact) mass is 258 g/mol. The van der Waals surface area contributed by atoms with Crippen molar-refractivity contribution in [2.75, 3.05) is 18.5 Å². The zero-order valence-electron chi connectivity index (χ0n) is 10.6. The summed E-state index contributed by atoms with van der Waals surface area (Å²) in [5, 5.41) is 11.8. The van der Waals surface area contributed by atoms with Gasteiger partial charge in [-0.3, -0.25) is 4.79 Å². The summed E-state index contributed by atoms with van der Waals surface area (Å²) in [7, 11) is 0. The lowest BCUT2D eigenvalue weighted by Crippen LogP contribution is -2.46. The molecule has 98 valence electrons. The molecule has 0 aromatic heterocycles. The fourth-order valence-electron chi connectivity index (χ4n) is 2.41. The Hall–Kier alpha value is -2.06. The van der Waals surface area contributed by atoms with Crippen molar-refractivity contribution in [3.63, 3.8) is 0 Å². The van der Waals surface area contributed by atoms with Gasteiger partial charge in [0.25, 0.3) is 5.91 Å². The predicted molar refractivity (Wildman–Crippen MR) is 67.9 cm³/mol. The fraction of sp³-hybridized carbons (Fsp3) is 0.429. The number of nitrogens with one attached hydrogen (secondary N) is 1. The molecule has 0 spiro atoms. The number of ether oxygens (including phenoxy) is 2. The van der Waals surface area contributed by atoms with E-state index in [1.807, 2.05) is 18.2 Å². The zero-order valence-corrected chi connectivity index (χ0v) is 10.6. The number of amides is 1. The third-order valence-corrected chi connectivity index (χ3v) is 3.70. The summed E-state index contributed by atoms with van der Waals surface area (Å²) in [4.78, 5) is 11.6. The summed E-state index contributed by atoms with van der Waals surface area (Å²) in [6.07, 6.45) is -0.0600. The van der Waals surface area contributed by atoms with Crippen LogP contribution in [0.1, 0.15) is 18.9 Å². The number of fused-ring (bicyclic) bond motifs is 1. The number of rotatable bonds is 2. The maximum atomic E-state index is 11.6. The summed E-state index contributed by atoms with van der Waals surface area (Å²) < 4.78 is 10.8. The van der Waals surface area contributed by atoms with E-state index in [0.29, 0.717) is 31.1 Å². The molecule has 1 amide bonds. The van der Waals surface area contributed by atoms with Crippen LogP contribution in [-0.4, -0.2) is 25.2 Å². The van der Waals surface area contributed by atoms with E-state index < -0.39 is 6.10 Å². The molecule has 1 aromatic carbocycles. The highest BCUT2D eigenvalue weighted by atomic mass is 16.5. The number of nitrogens with zero attached hydrogens (tertiary/aromatic N) is 1. The van der Waals surface area contributed by atoms with E-state index >= 15 is 0 Å². The van der Waals surface area contributed by atoms with Gasteiger partial charge in [-0.25, -0.2) is 0 Å². The molecule has 3 rings (SSSR count). The fourth-order valence-corrected chi connectivity index (χ4v) is 2.41. The zero-order chi connectivity index (χ0) is 13.5. The summed E-state index contributed by atoms with van der Waals surface area (Å²) in [6.45, 7) is 2.80. The van der Waals surface area contributed by atoms with Crippen molar-refractivity contribution >= 4 is 11.6 Å². The first-order chi connectivity index (χ1) is 9.14. The number of hydrogen-bond acceptors (Lipinski definition) is 4. The van der Waals surface area contributed by atoms with Crippen molar-refractivity contribution < 1.29 is 14.3 Å². The van der Waals surface area contributed by atoms with Gasteiger partial charge in [-0.15, -0.1) is 0 Å². The minimum absolute atomic E-state index is 0.149. The molecule has 5 heteroatoms. The van der Waals surface area contributed by atoms with Crippen molar-refractivity contribution in [1.82, 2.24) is 0 Å². The molecular formula is C14H14N2O3. The van der Waals surface area contributed by atoms with E-state index in [1.165, 1.54) is 0 Å². The summed E-state index contributed by atoms with van der Waals surface area (Å²) in [5.74, 6) is 0.520. The first kappa shape index (κ1) is 12.0. The molecule has 1 fully saturated rings. The Morgan fingerprint density at radius 1 is 1.53 bits per heavy atom. The second-order valence-corrected chi connectivity index (χ2v) is 5.07. The number of benzene rings is 1. The van der Waals surface area contributed by atoms with Gasteiger partial charge in [0.15, 0.2) is 6.10 Å². The van der Waals surface area contributed by atoms with Crippen molar-refractivity contribution in [2.45, 2.75) is 24.9 Å². The topological polar surface area (TPSA) is 71.3 Å². The smallest absolute Gasteiger partial charge is 0.265 e. The van der Waals surface area contributed by atoms with Crippen LogP contribution in [0.4, 0.5) is 5.69 Å². The highest BCUT2D eigenvalue weighted by Gasteiger charge is 2.41. The first-order valence-corrected chi connectivity index (χ1v) is 6.21. The molecule has 1 unspecified atom stereocenters. The Kier molecular flexibility index (Phi) is 2.68. The van der Waals surface area contributed by atoms with E-state index in [1.54, 1.807) is 6.92 Å². The van der Waals surface area contributed by atoms with Crippen LogP contribution in [0.5, 0.6) is 5.75 Å². The molecular weight excluding hydrogens is 244 g/mol. The van der Waals surface area contributed by atoms with Gasteiger partial charge in [0, 0.05) is 6.42 Å². The van der Waals surface area contributed by atoms with Crippen molar-refractivity contribution in [3.05, 3.63) is 23.8 Å². The molecule has 1 saturated heterocycles. The van der Waals surface area contributed by atoms with Crippen LogP contribution in [0.15, 0.2) is 18.2 Å². The van der Waals surface area contributed by atoms with E-state index in [2.05, 4.69) is 11.4 Å². The van der Waals surface area contributed by atoms with Crippen LogP contribution in [0.25, 0.3) is 0 Å². The molecule has 1 atom stereocenters. The Morgan fingerprint density at radius 3 is 2.95 bits per heavy atom. The second kappa shape index (κ2) is 4.25. The maximum Gasteiger partial charge on any atom is 0.265 e. The number of hydrogen-bond donors (Lipinski definition) is 1. The standard InChI is InChI=1S/C14H14N2O3/c1-9-13(17)16-11-6-10(2-3-12(11)19-9)14(4-5-15)7-18-8-14/h2-3,6,9H,4,7-8H2,1H3,(H,16,17). The molecule has 2 heterocycles. The van der Waals surface area contributed by atoms with Gasteiger partial charge >= 0.3 is 0 Å². The van der Waals surface area contributed by atoms with Crippen molar-refractivity contribution in [1.29, 1.82) is 5.26 Å². The minimum atomic E-state index is -0.474. The third-order valence-electron chi connectivity index (χ3n) is 3.70. The third kappa shape index (κ3) is 1.85. The van der Waals surface area contributed by atoms with Gasteiger partial charge < -0.3 is 14.8 Å². The Bertz CT molecular complexity index is 573. The average molecular weight is 258 g/mol. The van der Waals surface area contributed by atoms with Crippen LogP contribution >= 0.6 is 0 Å². The SMILES string of the molecule is CC1Oc2ccc(C3(CC#N)COC3)cc2NC1=O. The van der Waals surface area contributed by atoms with E-state index in [4.69, 9.17) is 14.7 Å². The minimum Gasteiger partial charge on any atom is -0.479 e. The molecule has 0 saturated carbocycles. The van der Waals surface area contributed by atoms with E-state index in [-0.39, 0.29) is 11.3 Å². The molecule has 0 aliphatic carbocycles. The number of carbonyl (C=O) groups is 1. The lowest BCUT2D eigenvalue weighted by atomic mass is 9.76. The van der Waals surface area contributed by atoms with Gasteiger partial charge in [-0.05, 0) is 24.6 Å². The Morgan fingerprint density at radius 2 is 2.32 bits per heavy atom. The molecule has 1 N–H and O–H groups in total. The second-order valence-electron chi connectivity index (χ2n) is 5.07. The summed E-state index contributed by atoms with van der Waals surface area (Å²) >= 11 is 0. The number of anilines is 1. The highest BCUT2D eigenvalue weighted by Crippen LogP contribution is 2.40. The molecule has 1 aromatic rings. The normalized spacial score (nSPS) is 23.4. The van der Waals surface area contributed by atoms with E-state index in [0.717, 1.165) is 5.56 Å². The van der Waals surface area contributed by atoms with Gasteiger partial charge in [-0.1, -0.05) is 6.07 Å². The first-order valence-electron chi connectivity index (χ1n) is 6.21. The summed E-state index contributed by atoms with van der Waals surface area (Å²) in [6, 6.07) is 7.89. The van der Waals surface area contributed by atoms with Gasteiger partial charge in [0.2, 0.25) is 0 Å². The molecule has 0 bridgehead atoms. The molecule has 5 nitrogen and oxygen atoms in total. The van der Waals surface area contributed by atoms with Crippen LogP contribution in [-0.2, 0) is 14.9 Å². The molecule has 19 heavy (non-hydrogen) atoms. The molecule has 2 aliphatic rings. The molecule has 2 aliphatic heterocycles. The maximum absolute atomic E-state index is 11.6. The highest BCUT2D eigenvalue weighted by molar-refractivity contribution is 5.97. The Labute approximate surface area is 111 Å². The Balaban J connectivity index is 1.96. The predicted octanol–water partition coefficient (Wildman–Crippen LogP) is 1.59. The van der Waals surface area contributed by atoms with Gasteiger partial charge in [0.05, 0.1) is 30.4 Å². The van der Waals surface area contributed by atoms with Crippen molar-refractivity contribution in [3.8, 4) is 11.8 Å². The largest absolute Gasteiger partial charge is 0.479 e. The van der Waals surface area contributed by atoms with Crippen LogP contribution in [0, 0.1) is 11.3 Å². The van der Waals surface area contributed by atoms with Gasteiger partial charge in [-0.2, -0.15) is 5.26 Å². The van der Waals surface area contributed by atoms with Crippen LogP contribution in [0.3, 0.4) is 0 Å². The van der Waals surface area contributed by atoms with Crippen molar-refractivity contribution in [2.24, 2.45) is 0 Å². The summed E-state index contributed by atoms with van der Waals surface area (Å²) in [5.41, 5.74) is 1.44. The van der Waals surface area contributed by atoms with Crippen LogP contribution < -0.4 is 10.1 Å². The average Bonchev–Trinajstić information content (AvgIpc) is 2.35. The quantitative estimate of drug-likeness (QED) is 0.874. The van der Waals surface area contributed by atoms with Gasteiger partial charge in [0.1, 0.15) is 5.75 Å². The number of nitriles is 1. The lowest BCUT2D eigenvalue weighted by molar-refractivity contribution is -0.122.